The van der Waals surface area contributed by atoms with Crippen molar-refractivity contribution in [1.29, 1.82) is 0 Å². The zero-order valence-corrected chi connectivity index (χ0v) is 20.4. The van der Waals surface area contributed by atoms with Crippen LogP contribution in [0.1, 0.15) is 55.8 Å². The zero-order chi connectivity index (χ0) is 24.6. The van der Waals surface area contributed by atoms with Crippen molar-refractivity contribution in [3.05, 3.63) is 71.9 Å². The summed E-state index contributed by atoms with van der Waals surface area (Å²) in [7, 11) is 1.59. The van der Waals surface area contributed by atoms with Crippen LogP contribution in [-0.4, -0.2) is 47.2 Å². The average Bonchev–Trinajstić information content (AvgIpc) is 2.89. The molecular formula is C29H35FN2O3. The number of fused-ring (bicyclic) bond motifs is 1. The van der Waals surface area contributed by atoms with Gasteiger partial charge in [0.1, 0.15) is 11.9 Å². The summed E-state index contributed by atoms with van der Waals surface area (Å²) < 4.78 is 20.9. The third-order valence-corrected chi connectivity index (χ3v) is 7.25. The van der Waals surface area contributed by atoms with E-state index < -0.39 is 18.1 Å². The lowest BCUT2D eigenvalue weighted by Gasteiger charge is -2.40. The highest BCUT2D eigenvalue weighted by Gasteiger charge is 2.36. The van der Waals surface area contributed by atoms with Crippen molar-refractivity contribution in [2.45, 2.75) is 57.2 Å². The van der Waals surface area contributed by atoms with Crippen molar-refractivity contribution >= 4 is 16.9 Å². The van der Waals surface area contributed by atoms with Gasteiger partial charge >= 0.3 is 5.97 Å². The maximum Gasteiger partial charge on any atom is 0.308 e. The van der Waals surface area contributed by atoms with E-state index in [1.165, 1.54) is 5.56 Å². The van der Waals surface area contributed by atoms with E-state index in [-0.39, 0.29) is 12.5 Å². The Labute approximate surface area is 206 Å². The van der Waals surface area contributed by atoms with Crippen LogP contribution in [0.4, 0.5) is 4.39 Å². The lowest BCUT2D eigenvalue weighted by molar-refractivity contribution is -0.146. The Morgan fingerprint density at radius 1 is 1.20 bits per heavy atom. The first-order valence-electron chi connectivity index (χ1n) is 12.6. The first-order chi connectivity index (χ1) is 17.1. The smallest absolute Gasteiger partial charge is 0.308 e. The Bertz CT molecular complexity index is 1110. The van der Waals surface area contributed by atoms with E-state index in [1.54, 1.807) is 19.4 Å². The molecule has 1 aliphatic heterocycles. The molecule has 3 atom stereocenters. The Morgan fingerprint density at radius 3 is 2.80 bits per heavy atom. The van der Waals surface area contributed by atoms with Crippen molar-refractivity contribution in [3.8, 4) is 5.75 Å². The monoisotopic (exact) mass is 478 g/mol. The average molecular weight is 479 g/mol. The van der Waals surface area contributed by atoms with Crippen molar-refractivity contribution in [3.63, 3.8) is 0 Å². The maximum absolute atomic E-state index is 15.6. The number of carboxylic acids is 1. The van der Waals surface area contributed by atoms with Crippen LogP contribution in [0.2, 0.25) is 0 Å². The highest BCUT2D eigenvalue weighted by Crippen LogP contribution is 2.34. The van der Waals surface area contributed by atoms with E-state index in [4.69, 9.17) is 4.74 Å². The van der Waals surface area contributed by atoms with Gasteiger partial charge in [-0.1, -0.05) is 30.3 Å². The number of hydrogen-bond donors (Lipinski definition) is 1. The van der Waals surface area contributed by atoms with Crippen LogP contribution in [0.3, 0.4) is 0 Å². The molecule has 0 spiro atoms. The molecular weight excluding hydrogens is 443 g/mol. The second-order valence-electron chi connectivity index (χ2n) is 9.46. The number of nitrogens with zero attached hydrogens (tertiary/aromatic N) is 2. The van der Waals surface area contributed by atoms with Gasteiger partial charge in [-0.25, -0.2) is 4.39 Å². The van der Waals surface area contributed by atoms with Gasteiger partial charge in [0.05, 0.1) is 18.5 Å². The molecule has 186 valence electrons. The summed E-state index contributed by atoms with van der Waals surface area (Å²) in [6.07, 6.45) is 5.86. The van der Waals surface area contributed by atoms with Gasteiger partial charge in [0, 0.05) is 17.6 Å². The first kappa shape index (κ1) is 25.1. The van der Waals surface area contributed by atoms with Crippen molar-refractivity contribution in [2.75, 3.05) is 20.2 Å². The van der Waals surface area contributed by atoms with E-state index in [1.807, 2.05) is 24.3 Å². The molecule has 3 unspecified atom stereocenters. The van der Waals surface area contributed by atoms with Gasteiger partial charge in [-0.15, -0.1) is 0 Å². The van der Waals surface area contributed by atoms with Crippen molar-refractivity contribution < 1.29 is 19.0 Å². The number of alkyl halides is 1. The number of likely N-dealkylation sites (tertiary alicyclic amines) is 1. The summed E-state index contributed by atoms with van der Waals surface area (Å²) in [5.41, 5.74) is 2.64. The predicted molar refractivity (Wildman–Crippen MR) is 136 cm³/mol. The Morgan fingerprint density at radius 2 is 2.03 bits per heavy atom. The molecule has 0 bridgehead atoms. The standard InChI is InChI=1S/C29H35FN2O3/c1-35-22-12-14-27-25(20-22)23(16-17-31-27)26(30)13-15-28-24(29(33)34)11-7-19-32(28)18-6-5-10-21-8-3-2-4-9-21/h2-4,8-9,12,14,16-17,20,24,26,28H,5-7,10-11,13,15,18-19H2,1H3,(H,33,34). The van der Waals surface area contributed by atoms with E-state index in [2.05, 4.69) is 34.1 Å². The van der Waals surface area contributed by atoms with Gasteiger partial charge < -0.3 is 9.84 Å². The Balaban J connectivity index is 1.41. The Hall–Kier alpha value is -2.99. The lowest BCUT2D eigenvalue weighted by atomic mass is 9.85. The molecule has 1 saturated heterocycles. The predicted octanol–water partition coefficient (Wildman–Crippen LogP) is 6.22. The zero-order valence-electron chi connectivity index (χ0n) is 20.4. The minimum atomic E-state index is -1.19. The number of pyridine rings is 1. The fraction of sp³-hybridized carbons (Fsp3) is 0.448. The highest BCUT2D eigenvalue weighted by molar-refractivity contribution is 5.83. The van der Waals surface area contributed by atoms with Gasteiger partial charge in [-0.3, -0.25) is 14.7 Å². The number of methoxy groups -OCH3 is 1. The maximum atomic E-state index is 15.6. The molecule has 2 heterocycles. The third-order valence-electron chi connectivity index (χ3n) is 7.25. The molecule has 3 aromatic rings. The molecule has 6 heteroatoms. The number of ether oxygens (including phenoxy) is 1. The molecule has 1 fully saturated rings. The number of rotatable bonds is 11. The number of aromatic nitrogens is 1. The normalized spacial score (nSPS) is 19.5. The number of aryl methyl sites for hydroxylation is 1. The minimum Gasteiger partial charge on any atom is -0.497 e. The van der Waals surface area contributed by atoms with Crippen LogP contribution >= 0.6 is 0 Å². The lowest BCUT2D eigenvalue weighted by Crippen LogP contribution is -2.48. The number of benzene rings is 2. The number of halogens is 1. The molecule has 0 aliphatic carbocycles. The number of hydrogen-bond acceptors (Lipinski definition) is 4. The number of aliphatic carboxylic acids is 1. The number of carbonyl (C=O) groups is 1. The summed E-state index contributed by atoms with van der Waals surface area (Å²) in [4.78, 5) is 18.7. The van der Waals surface area contributed by atoms with Crippen LogP contribution in [0.5, 0.6) is 5.75 Å². The summed E-state index contributed by atoms with van der Waals surface area (Å²) >= 11 is 0. The Kier molecular flexibility index (Phi) is 8.69. The summed E-state index contributed by atoms with van der Waals surface area (Å²) in [6, 6.07) is 17.5. The molecule has 0 radical (unpaired) electrons. The SMILES string of the molecule is COc1ccc2nccc(C(F)CCC3C(C(=O)O)CCCN3CCCCc3ccccc3)c2c1. The fourth-order valence-electron chi connectivity index (χ4n) is 5.38. The second kappa shape index (κ2) is 12.1. The van der Waals surface area contributed by atoms with Crippen molar-refractivity contribution in [1.82, 2.24) is 9.88 Å². The summed E-state index contributed by atoms with van der Waals surface area (Å²) in [5.74, 6) is -0.545. The van der Waals surface area contributed by atoms with E-state index in [9.17, 15) is 9.90 Å². The molecule has 2 aromatic carbocycles. The van der Waals surface area contributed by atoms with Gasteiger partial charge in [-0.2, -0.15) is 0 Å². The first-order valence-corrected chi connectivity index (χ1v) is 12.6. The topological polar surface area (TPSA) is 62.7 Å². The summed E-state index contributed by atoms with van der Waals surface area (Å²) in [6.45, 7) is 1.74. The van der Waals surface area contributed by atoms with Crippen LogP contribution in [0.15, 0.2) is 60.8 Å². The number of unbranched alkanes of at least 4 members (excludes halogenated alkanes) is 1. The molecule has 35 heavy (non-hydrogen) atoms. The van der Waals surface area contributed by atoms with Crippen LogP contribution in [0, 0.1) is 5.92 Å². The summed E-state index contributed by atoms with van der Waals surface area (Å²) in [5, 5.41) is 10.6. The van der Waals surface area contributed by atoms with Gasteiger partial charge in [-0.05, 0) is 93.4 Å². The molecule has 1 aliphatic rings. The van der Waals surface area contributed by atoms with E-state index >= 15 is 4.39 Å². The molecule has 0 saturated carbocycles. The van der Waals surface area contributed by atoms with Crippen LogP contribution in [-0.2, 0) is 11.2 Å². The molecule has 0 amide bonds. The minimum absolute atomic E-state index is 0.140. The highest BCUT2D eigenvalue weighted by atomic mass is 19.1. The van der Waals surface area contributed by atoms with Crippen LogP contribution < -0.4 is 4.74 Å². The van der Waals surface area contributed by atoms with Crippen molar-refractivity contribution in [2.24, 2.45) is 5.92 Å². The van der Waals surface area contributed by atoms with E-state index in [0.29, 0.717) is 24.2 Å². The van der Waals surface area contributed by atoms with Crippen LogP contribution in [0.25, 0.3) is 10.9 Å². The van der Waals surface area contributed by atoms with Gasteiger partial charge in [0.25, 0.3) is 0 Å². The van der Waals surface area contributed by atoms with Gasteiger partial charge in [0.2, 0.25) is 0 Å². The molecule has 1 N–H and O–H groups in total. The second-order valence-corrected chi connectivity index (χ2v) is 9.46. The molecule has 4 rings (SSSR count). The molecule has 1 aromatic heterocycles. The fourth-order valence-corrected chi connectivity index (χ4v) is 5.38. The van der Waals surface area contributed by atoms with Gasteiger partial charge in [0.15, 0.2) is 0 Å². The van der Waals surface area contributed by atoms with E-state index in [0.717, 1.165) is 49.7 Å². The third kappa shape index (κ3) is 6.37. The quantitative estimate of drug-likeness (QED) is 0.331. The number of piperidine rings is 1. The molecule has 5 nitrogen and oxygen atoms in total. The number of carboxylic acid groups (broad SMARTS) is 1. The largest absolute Gasteiger partial charge is 0.497 e.